The maximum Gasteiger partial charge on any atom is 0.258 e. The Kier molecular flexibility index (Phi) is 5.91. The quantitative estimate of drug-likeness (QED) is 0.385. The van der Waals surface area contributed by atoms with Crippen molar-refractivity contribution < 1.29 is 9.90 Å². The zero-order valence-corrected chi connectivity index (χ0v) is 20.2. The van der Waals surface area contributed by atoms with E-state index in [-0.39, 0.29) is 11.9 Å². The highest BCUT2D eigenvalue weighted by molar-refractivity contribution is 7.13. The first kappa shape index (κ1) is 22.9. The number of amides is 1. The van der Waals surface area contributed by atoms with Crippen LogP contribution in [0.5, 0.6) is 0 Å². The lowest BCUT2D eigenvalue weighted by Gasteiger charge is -2.21. The first-order valence-corrected chi connectivity index (χ1v) is 12.0. The molecule has 4 heterocycles. The average Bonchev–Trinajstić information content (AvgIpc) is 3.60. The fourth-order valence-electron chi connectivity index (χ4n) is 4.19. The Morgan fingerprint density at radius 3 is 2.83 bits per heavy atom. The summed E-state index contributed by atoms with van der Waals surface area (Å²) in [6, 6.07) is 9.01. The third-order valence-electron chi connectivity index (χ3n) is 6.21. The van der Waals surface area contributed by atoms with Gasteiger partial charge in [0.2, 0.25) is 5.95 Å². The molecular weight excluding hydrogens is 462 g/mol. The number of anilines is 1. The van der Waals surface area contributed by atoms with E-state index in [1.54, 1.807) is 42.8 Å². The van der Waals surface area contributed by atoms with Crippen molar-refractivity contribution in [2.45, 2.75) is 18.1 Å². The highest BCUT2D eigenvalue weighted by atomic mass is 32.1. The molecule has 0 radical (unpaired) electrons. The van der Waals surface area contributed by atoms with Gasteiger partial charge in [-0.25, -0.2) is 19.9 Å². The molecule has 0 unspecified atom stereocenters. The maximum absolute atomic E-state index is 12.5. The fraction of sp³-hybridized carbons (Fsp3) is 0.240. The van der Waals surface area contributed by atoms with Gasteiger partial charge in [-0.2, -0.15) is 0 Å². The van der Waals surface area contributed by atoms with Gasteiger partial charge in [0.15, 0.2) is 5.60 Å². The highest BCUT2D eigenvalue weighted by Crippen LogP contribution is 2.36. The molecule has 3 aromatic heterocycles. The Morgan fingerprint density at radius 1 is 1.26 bits per heavy atom. The number of nitrogens with one attached hydrogen (secondary N) is 1. The molecular formula is C25H25N7O2S. The Bertz CT molecular complexity index is 1400. The molecule has 178 valence electrons. The summed E-state index contributed by atoms with van der Waals surface area (Å²) in [6.07, 6.45) is 7.34. The summed E-state index contributed by atoms with van der Waals surface area (Å²) in [6.45, 7) is 4.44. The molecule has 9 nitrogen and oxygen atoms in total. The van der Waals surface area contributed by atoms with Crippen LogP contribution >= 0.6 is 11.3 Å². The van der Waals surface area contributed by atoms with Crippen molar-refractivity contribution in [3.8, 4) is 22.0 Å². The summed E-state index contributed by atoms with van der Waals surface area (Å²) in [7, 11) is 3.62. The second-order valence-corrected chi connectivity index (χ2v) is 9.37. The molecule has 2 atom stereocenters. The summed E-state index contributed by atoms with van der Waals surface area (Å²) in [5.74, 6) is 0.177. The van der Waals surface area contributed by atoms with Crippen LogP contribution in [0, 0.1) is 0 Å². The number of carbonyl (C=O) groups is 1. The van der Waals surface area contributed by atoms with Crippen LogP contribution in [-0.2, 0) is 17.4 Å². The van der Waals surface area contributed by atoms with Crippen LogP contribution in [0.1, 0.15) is 23.7 Å². The number of aliphatic hydroxyl groups is 1. The number of nitrogens with zero attached hydrogens (tertiary/aromatic N) is 6. The number of thiazole rings is 1. The van der Waals surface area contributed by atoms with Gasteiger partial charge in [0, 0.05) is 44.2 Å². The number of hydrogen-bond acceptors (Lipinski definition) is 8. The minimum absolute atomic E-state index is 0.199. The third kappa shape index (κ3) is 4.22. The van der Waals surface area contributed by atoms with Crippen molar-refractivity contribution in [1.29, 1.82) is 0 Å². The summed E-state index contributed by atoms with van der Waals surface area (Å²) in [4.78, 5) is 32.0. The van der Waals surface area contributed by atoms with Crippen LogP contribution in [0.25, 0.3) is 22.0 Å². The van der Waals surface area contributed by atoms with Gasteiger partial charge < -0.3 is 19.9 Å². The molecule has 1 aromatic carbocycles. The second-order valence-electron chi connectivity index (χ2n) is 8.51. The molecule has 0 spiro atoms. The summed E-state index contributed by atoms with van der Waals surface area (Å²) >= 11 is 1.48. The van der Waals surface area contributed by atoms with Gasteiger partial charge in [0.05, 0.1) is 30.0 Å². The van der Waals surface area contributed by atoms with Crippen LogP contribution < -0.4 is 5.32 Å². The number of carbonyl (C=O) groups excluding carboxylic acids is 1. The van der Waals surface area contributed by atoms with E-state index in [2.05, 4.69) is 26.8 Å². The van der Waals surface area contributed by atoms with Crippen molar-refractivity contribution >= 4 is 23.2 Å². The van der Waals surface area contributed by atoms with Gasteiger partial charge in [0.25, 0.3) is 5.91 Å². The number of hydrogen-bond donors (Lipinski definition) is 2. The smallest absolute Gasteiger partial charge is 0.258 e. The van der Waals surface area contributed by atoms with Gasteiger partial charge >= 0.3 is 0 Å². The Balaban J connectivity index is 1.39. The maximum atomic E-state index is 12.5. The van der Waals surface area contributed by atoms with Crippen molar-refractivity contribution in [3.63, 3.8) is 0 Å². The van der Waals surface area contributed by atoms with E-state index in [1.807, 2.05) is 41.3 Å². The van der Waals surface area contributed by atoms with E-state index in [0.29, 0.717) is 35.9 Å². The van der Waals surface area contributed by atoms with E-state index in [4.69, 9.17) is 4.98 Å². The lowest BCUT2D eigenvalue weighted by molar-refractivity contribution is -0.143. The minimum atomic E-state index is -1.49. The van der Waals surface area contributed by atoms with E-state index in [1.165, 1.54) is 11.3 Å². The van der Waals surface area contributed by atoms with Crippen LogP contribution in [0.15, 0.2) is 67.1 Å². The predicted octanol–water partition coefficient (Wildman–Crippen LogP) is 3.39. The minimum Gasteiger partial charge on any atom is -0.375 e. The summed E-state index contributed by atoms with van der Waals surface area (Å²) in [5.41, 5.74) is 2.27. The first-order chi connectivity index (χ1) is 16.9. The van der Waals surface area contributed by atoms with Gasteiger partial charge in [-0.1, -0.05) is 24.3 Å². The summed E-state index contributed by atoms with van der Waals surface area (Å²) in [5, 5.41) is 17.0. The number of aromatic nitrogens is 5. The van der Waals surface area contributed by atoms with Crippen molar-refractivity contribution in [1.82, 2.24) is 29.4 Å². The molecule has 1 fully saturated rings. The van der Waals surface area contributed by atoms with Gasteiger partial charge in [-0.05, 0) is 17.7 Å². The fourth-order valence-corrected chi connectivity index (χ4v) is 5.00. The number of likely N-dealkylation sites (N-methyl/N-ethyl adjacent to an activating group) is 1. The van der Waals surface area contributed by atoms with Crippen LogP contribution in [0.2, 0.25) is 0 Å². The first-order valence-electron chi connectivity index (χ1n) is 11.1. The van der Waals surface area contributed by atoms with Crippen LogP contribution in [-0.4, -0.2) is 54.0 Å². The molecule has 2 N–H and O–H groups in total. The van der Waals surface area contributed by atoms with E-state index in [0.717, 1.165) is 16.3 Å². The SMILES string of the molecule is C=C[C@@H](Nc1nccc(-c2csc(-c3cccc([C@]4(O)CCN(C)C4=O)c3)n2)n1)c1cncn1C. The van der Waals surface area contributed by atoms with Crippen molar-refractivity contribution in [2.75, 3.05) is 18.9 Å². The number of benzene rings is 1. The molecule has 1 saturated heterocycles. The Hall–Kier alpha value is -3.89. The Morgan fingerprint density at radius 2 is 2.11 bits per heavy atom. The second kappa shape index (κ2) is 9.05. The third-order valence-corrected chi connectivity index (χ3v) is 7.10. The van der Waals surface area contributed by atoms with E-state index >= 15 is 0 Å². The molecule has 0 bridgehead atoms. The van der Waals surface area contributed by atoms with E-state index < -0.39 is 5.60 Å². The molecule has 4 aromatic rings. The van der Waals surface area contributed by atoms with Crippen molar-refractivity contribution in [3.05, 3.63) is 78.3 Å². The van der Waals surface area contributed by atoms with Crippen molar-refractivity contribution in [2.24, 2.45) is 7.05 Å². The number of rotatable bonds is 7. The normalized spacial score (nSPS) is 18.6. The number of aryl methyl sites for hydroxylation is 1. The van der Waals surface area contributed by atoms with E-state index in [9.17, 15) is 9.90 Å². The lowest BCUT2D eigenvalue weighted by atomic mass is 9.91. The van der Waals surface area contributed by atoms with Crippen LogP contribution in [0.4, 0.5) is 5.95 Å². The van der Waals surface area contributed by atoms with Gasteiger partial charge in [-0.3, -0.25) is 4.79 Å². The molecule has 0 saturated carbocycles. The largest absolute Gasteiger partial charge is 0.375 e. The molecule has 1 aliphatic rings. The van der Waals surface area contributed by atoms with Gasteiger partial charge in [0.1, 0.15) is 10.7 Å². The van der Waals surface area contributed by atoms with Gasteiger partial charge in [-0.15, -0.1) is 17.9 Å². The zero-order chi connectivity index (χ0) is 24.6. The topological polar surface area (TPSA) is 109 Å². The van der Waals surface area contributed by atoms with Crippen LogP contribution in [0.3, 0.4) is 0 Å². The lowest BCUT2D eigenvalue weighted by Crippen LogP contribution is -2.36. The Labute approximate surface area is 206 Å². The molecule has 1 aliphatic heterocycles. The number of likely N-dealkylation sites (tertiary alicyclic amines) is 1. The molecule has 5 rings (SSSR count). The zero-order valence-electron chi connectivity index (χ0n) is 19.4. The predicted molar refractivity (Wildman–Crippen MR) is 134 cm³/mol. The number of imidazole rings is 1. The average molecular weight is 488 g/mol. The standard InChI is InChI=1S/C25H25N7O2S/c1-4-18(21-13-26-15-32(21)3)29-24-27-10-8-19(30-24)20-14-35-22(28-20)16-6-5-7-17(12-16)25(34)9-11-31(2)23(25)33/h4-8,10,12-15,18,34H,1,9,11H2,2-3H3,(H,27,29,30)/t18-,25-/m1/s1. The highest BCUT2D eigenvalue weighted by Gasteiger charge is 2.45. The monoisotopic (exact) mass is 487 g/mol. The molecule has 0 aliphatic carbocycles. The summed E-state index contributed by atoms with van der Waals surface area (Å²) < 4.78 is 1.91. The molecule has 35 heavy (non-hydrogen) atoms. The molecule has 10 heteroatoms. The molecule has 1 amide bonds.